The third-order valence-electron chi connectivity index (χ3n) is 9.68. The highest BCUT2D eigenvalue weighted by Gasteiger charge is 2.42. The van der Waals surface area contributed by atoms with Crippen LogP contribution >= 0.6 is 0 Å². The lowest BCUT2D eigenvalue weighted by Gasteiger charge is -2.47. The molecule has 3 atom stereocenters. The Hall–Kier alpha value is -0.330. The molecule has 0 aromatic rings. The van der Waals surface area contributed by atoms with E-state index in [4.69, 9.17) is 4.99 Å². The zero-order chi connectivity index (χ0) is 20.4. The average molecular weight is 414 g/mol. The van der Waals surface area contributed by atoms with Crippen LogP contribution in [0.1, 0.15) is 135 Å². The highest BCUT2D eigenvalue weighted by Crippen LogP contribution is 2.48. The molecule has 172 valence electrons. The van der Waals surface area contributed by atoms with Crippen molar-refractivity contribution in [3.05, 3.63) is 0 Å². The van der Waals surface area contributed by atoms with E-state index in [1.165, 1.54) is 141 Å². The van der Waals surface area contributed by atoms with Gasteiger partial charge in [-0.15, -0.1) is 0 Å². The highest BCUT2D eigenvalue weighted by atomic mass is 14.8. The van der Waals surface area contributed by atoms with E-state index in [0.29, 0.717) is 0 Å². The van der Waals surface area contributed by atoms with Gasteiger partial charge in [-0.1, -0.05) is 122 Å². The Labute approximate surface area is 188 Å². The maximum atomic E-state index is 5.16. The van der Waals surface area contributed by atoms with Crippen molar-refractivity contribution in [3.63, 3.8) is 0 Å². The second-order valence-corrected chi connectivity index (χ2v) is 11.6. The summed E-state index contributed by atoms with van der Waals surface area (Å²) in [6, 6.07) is 0. The molecule has 1 heterocycles. The van der Waals surface area contributed by atoms with Crippen LogP contribution in [-0.4, -0.2) is 12.8 Å². The molecule has 1 nitrogen and oxygen atoms in total. The monoisotopic (exact) mass is 413 g/mol. The van der Waals surface area contributed by atoms with Crippen molar-refractivity contribution >= 4 is 6.21 Å². The zero-order valence-electron chi connectivity index (χ0n) is 20.0. The summed E-state index contributed by atoms with van der Waals surface area (Å²) in [5.74, 6) is 5.62. The molecule has 4 aliphatic rings. The first kappa shape index (κ1) is 22.8. The summed E-state index contributed by atoms with van der Waals surface area (Å²) in [4.78, 5) is 5.16. The van der Waals surface area contributed by atoms with Crippen LogP contribution in [0.2, 0.25) is 0 Å². The SMILES string of the molecule is C1=NCC(C2CCCCCCC2)C(C2CCCCCCC2)C1C1CCCCCCC1. The lowest BCUT2D eigenvalue weighted by atomic mass is 9.59. The minimum absolute atomic E-state index is 0.816. The second kappa shape index (κ2) is 12.6. The van der Waals surface area contributed by atoms with Crippen molar-refractivity contribution in [2.24, 2.45) is 40.5 Å². The van der Waals surface area contributed by atoms with Gasteiger partial charge < -0.3 is 0 Å². The number of nitrogens with zero attached hydrogens (tertiary/aromatic N) is 1. The minimum atomic E-state index is 0.816. The van der Waals surface area contributed by atoms with Crippen LogP contribution in [0.15, 0.2) is 4.99 Å². The van der Waals surface area contributed by atoms with Gasteiger partial charge in [-0.2, -0.15) is 0 Å². The normalized spacial score (nSPS) is 34.9. The fourth-order valence-corrected chi connectivity index (χ4v) is 8.04. The molecule has 1 aliphatic heterocycles. The second-order valence-electron chi connectivity index (χ2n) is 11.6. The van der Waals surface area contributed by atoms with E-state index >= 15 is 0 Å². The van der Waals surface area contributed by atoms with Crippen molar-refractivity contribution in [1.29, 1.82) is 0 Å². The Morgan fingerprint density at radius 3 is 1.33 bits per heavy atom. The van der Waals surface area contributed by atoms with Crippen molar-refractivity contribution in [3.8, 4) is 0 Å². The summed E-state index contributed by atoms with van der Waals surface area (Å²) >= 11 is 0. The fraction of sp³-hybridized carbons (Fsp3) is 0.966. The van der Waals surface area contributed by atoms with Gasteiger partial charge in [-0.05, 0) is 42.4 Å². The van der Waals surface area contributed by atoms with Gasteiger partial charge in [0.1, 0.15) is 0 Å². The molecule has 30 heavy (non-hydrogen) atoms. The molecule has 0 bridgehead atoms. The van der Waals surface area contributed by atoms with E-state index in [0.717, 1.165) is 35.5 Å². The number of hydrogen-bond acceptors (Lipinski definition) is 1. The Kier molecular flexibility index (Phi) is 9.63. The summed E-state index contributed by atoms with van der Waals surface area (Å²) in [6.07, 6.45) is 34.0. The molecular formula is C29H51N. The summed E-state index contributed by atoms with van der Waals surface area (Å²) < 4.78 is 0. The number of aliphatic imine (C=N–C) groups is 1. The van der Waals surface area contributed by atoms with Gasteiger partial charge in [0, 0.05) is 18.7 Å². The lowest BCUT2D eigenvalue weighted by molar-refractivity contribution is 0.0637. The maximum Gasteiger partial charge on any atom is 0.0419 e. The van der Waals surface area contributed by atoms with E-state index in [2.05, 4.69) is 6.21 Å². The maximum absolute atomic E-state index is 5.16. The molecule has 0 aromatic carbocycles. The van der Waals surface area contributed by atoms with Gasteiger partial charge in [0.15, 0.2) is 0 Å². The highest BCUT2D eigenvalue weighted by molar-refractivity contribution is 5.63. The Balaban J connectivity index is 1.56. The smallest absolute Gasteiger partial charge is 0.0419 e. The third-order valence-corrected chi connectivity index (χ3v) is 9.68. The Morgan fingerprint density at radius 1 is 0.433 bits per heavy atom. The van der Waals surface area contributed by atoms with Crippen molar-refractivity contribution in [2.45, 2.75) is 135 Å². The van der Waals surface area contributed by atoms with Gasteiger partial charge in [0.05, 0.1) is 0 Å². The van der Waals surface area contributed by atoms with Crippen LogP contribution in [0.5, 0.6) is 0 Å². The van der Waals surface area contributed by atoms with Crippen LogP contribution in [0.4, 0.5) is 0 Å². The quantitative estimate of drug-likeness (QED) is 0.437. The van der Waals surface area contributed by atoms with Gasteiger partial charge >= 0.3 is 0 Å². The van der Waals surface area contributed by atoms with E-state index in [1.54, 1.807) is 0 Å². The van der Waals surface area contributed by atoms with Gasteiger partial charge in [-0.3, -0.25) is 4.99 Å². The predicted octanol–water partition coefficient (Wildman–Crippen LogP) is 9.00. The Bertz CT molecular complexity index is 473. The first-order chi connectivity index (χ1) is 14.9. The molecule has 3 aliphatic carbocycles. The molecule has 0 saturated heterocycles. The lowest BCUT2D eigenvalue weighted by Crippen LogP contribution is -2.43. The number of hydrogen-bond donors (Lipinski definition) is 0. The standard InChI is InChI=1S/C29H51N/c1-4-10-16-24(17-11-5-1)27-22-30-23-28(25-18-12-6-2-7-13-19-25)29(27)26-20-14-8-3-9-15-21-26/h22,24-29H,1-21,23H2. The minimum Gasteiger partial charge on any atom is -0.297 e. The first-order valence-electron chi connectivity index (χ1n) is 14.4. The molecule has 3 saturated carbocycles. The van der Waals surface area contributed by atoms with Crippen LogP contribution < -0.4 is 0 Å². The largest absolute Gasteiger partial charge is 0.297 e. The van der Waals surface area contributed by atoms with Crippen LogP contribution in [0.25, 0.3) is 0 Å². The van der Waals surface area contributed by atoms with Crippen molar-refractivity contribution < 1.29 is 0 Å². The molecule has 4 rings (SSSR count). The topological polar surface area (TPSA) is 12.4 Å². The molecule has 0 radical (unpaired) electrons. The molecule has 0 N–H and O–H groups in total. The van der Waals surface area contributed by atoms with Gasteiger partial charge in [0.25, 0.3) is 0 Å². The molecule has 1 heteroatoms. The van der Waals surface area contributed by atoms with Gasteiger partial charge in [0.2, 0.25) is 0 Å². The van der Waals surface area contributed by atoms with Crippen molar-refractivity contribution in [1.82, 2.24) is 0 Å². The summed E-state index contributed by atoms with van der Waals surface area (Å²) in [5.41, 5.74) is 0. The van der Waals surface area contributed by atoms with E-state index in [9.17, 15) is 0 Å². The molecule has 0 amide bonds. The van der Waals surface area contributed by atoms with Crippen LogP contribution in [0, 0.1) is 35.5 Å². The third kappa shape index (κ3) is 6.35. The summed E-state index contributed by atoms with van der Waals surface area (Å²) in [6.45, 7) is 1.18. The summed E-state index contributed by atoms with van der Waals surface area (Å²) in [5, 5.41) is 0. The first-order valence-corrected chi connectivity index (χ1v) is 14.4. The zero-order valence-corrected chi connectivity index (χ0v) is 20.0. The van der Waals surface area contributed by atoms with Crippen LogP contribution in [0.3, 0.4) is 0 Å². The Morgan fingerprint density at radius 2 is 0.833 bits per heavy atom. The van der Waals surface area contributed by atoms with Crippen LogP contribution in [-0.2, 0) is 0 Å². The summed E-state index contributed by atoms with van der Waals surface area (Å²) in [7, 11) is 0. The van der Waals surface area contributed by atoms with E-state index < -0.39 is 0 Å². The van der Waals surface area contributed by atoms with Gasteiger partial charge in [-0.25, -0.2) is 0 Å². The molecular weight excluding hydrogens is 362 g/mol. The van der Waals surface area contributed by atoms with Crippen molar-refractivity contribution in [2.75, 3.05) is 6.54 Å². The molecule has 0 spiro atoms. The van der Waals surface area contributed by atoms with E-state index in [-0.39, 0.29) is 0 Å². The number of rotatable bonds is 3. The molecule has 0 aromatic heterocycles. The molecule has 3 fully saturated rings. The van der Waals surface area contributed by atoms with E-state index in [1.807, 2.05) is 0 Å². The predicted molar refractivity (Wildman–Crippen MR) is 131 cm³/mol. The average Bonchev–Trinajstić information content (AvgIpc) is 2.67. The fourth-order valence-electron chi connectivity index (χ4n) is 8.04. The molecule has 3 unspecified atom stereocenters.